The molecule has 2 aliphatic rings. The molecule has 0 N–H and O–H groups in total. The van der Waals surface area contributed by atoms with Crippen molar-refractivity contribution in [3.63, 3.8) is 0 Å². The number of carbonyl (C=O) groups excluding carboxylic acids is 1. The Morgan fingerprint density at radius 2 is 2.14 bits per heavy atom. The Bertz CT molecular complexity index is 814. The van der Waals surface area contributed by atoms with E-state index < -0.39 is 0 Å². The van der Waals surface area contributed by atoms with Gasteiger partial charge in [-0.15, -0.1) is 0 Å². The fourth-order valence-electron chi connectivity index (χ4n) is 4.16. The van der Waals surface area contributed by atoms with Gasteiger partial charge in [0.25, 0.3) is 5.91 Å². The predicted octanol–water partition coefficient (Wildman–Crippen LogP) is 2.78. The van der Waals surface area contributed by atoms with Crippen LogP contribution in [0.15, 0.2) is 29.0 Å². The van der Waals surface area contributed by atoms with E-state index in [9.17, 15) is 4.79 Å². The molecule has 1 atom stereocenters. The van der Waals surface area contributed by atoms with Gasteiger partial charge in [-0.25, -0.2) is 0 Å². The largest absolute Gasteiger partial charge is 0.376 e. The quantitative estimate of drug-likeness (QED) is 0.729. The topological polar surface area (TPSA) is 77.7 Å². The van der Waals surface area contributed by atoms with Gasteiger partial charge in [-0.3, -0.25) is 9.78 Å². The summed E-state index contributed by atoms with van der Waals surface area (Å²) in [4.78, 5) is 18.9. The lowest BCUT2D eigenvalue weighted by Gasteiger charge is -2.50. The Morgan fingerprint density at radius 1 is 1.36 bits per heavy atom. The Labute approximate surface area is 165 Å². The molecule has 150 valence electrons. The third-order valence-corrected chi connectivity index (χ3v) is 5.77. The van der Waals surface area contributed by atoms with E-state index in [1.165, 1.54) is 0 Å². The van der Waals surface area contributed by atoms with Gasteiger partial charge in [0.1, 0.15) is 16.9 Å². The van der Waals surface area contributed by atoms with Crippen molar-refractivity contribution in [3.8, 4) is 0 Å². The molecule has 7 heteroatoms. The van der Waals surface area contributed by atoms with Crippen LogP contribution in [0.4, 0.5) is 0 Å². The Hall–Kier alpha value is -2.25. The van der Waals surface area contributed by atoms with Crippen molar-refractivity contribution in [3.05, 3.63) is 47.1 Å². The van der Waals surface area contributed by atoms with E-state index in [-0.39, 0.29) is 11.5 Å². The number of pyridine rings is 1. The van der Waals surface area contributed by atoms with Crippen LogP contribution in [0.5, 0.6) is 0 Å². The zero-order valence-corrected chi connectivity index (χ0v) is 16.5. The van der Waals surface area contributed by atoms with Crippen LogP contribution < -0.4 is 0 Å². The molecule has 1 spiro atoms. The summed E-state index contributed by atoms with van der Waals surface area (Å²) >= 11 is 0. The summed E-state index contributed by atoms with van der Waals surface area (Å²) in [6, 6.07) is 3.92. The average Bonchev–Trinajstić information content (AvgIpc) is 3.25. The number of aromatic nitrogens is 2. The van der Waals surface area contributed by atoms with Crippen molar-refractivity contribution in [2.24, 2.45) is 5.92 Å². The second kappa shape index (κ2) is 8.01. The highest BCUT2D eigenvalue weighted by atomic mass is 16.5. The molecule has 0 saturated carbocycles. The number of carbonyl (C=O) groups is 1. The van der Waals surface area contributed by atoms with Gasteiger partial charge in [0, 0.05) is 31.3 Å². The van der Waals surface area contributed by atoms with Crippen LogP contribution in [-0.2, 0) is 22.5 Å². The van der Waals surface area contributed by atoms with Crippen molar-refractivity contribution in [1.82, 2.24) is 15.0 Å². The molecule has 2 aromatic heterocycles. The molecule has 28 heavy (non-hydrogen) atoms. The van der Waals surface area contributed by atoms with Gasteiger partial charge in [-0.2, -0.15) is 0 Å². The lowest BCUT2D eigenvalue weighted by Crippen LogP contribution is -2.66. The SMILES string of the molecule is CCCc1onc(C)c1C(=O)N1CC2(C1)OCC[C@H]2COCc1ccncc1. The molecule has 1 amide bonds. The fraction of sp³-hybridized carbons (Fsp3) is 0.571. The molecule has 0 aliphatic carbocycles. The lowest BCUT2D eigenvalue weighted by molar-refractivity contribution is -0.129. The summed E-state index contributed by atoms with van der Waals surface area (Å²) in [5, 5.41) is 3.99. The van der Waals surface area contributed by atoms with Gasteiger partial charge in [0.15, 0.2) is 0 Å². The highest BCUT2D eigenvalue weighted by Crippen LogP contribution is 2.41. The molecule has 2 fully saturated rings. The molecule has 4 rings (SSSR count). The fourth-order valence-corrected chi connectivity index (χ4v) is 4.16. The van der Waals surface area contributed by atoms with Crippen molar-refractivity contribution in [2.75, 3.05) is 26.3 Å². The molecular weight excluding hydrogens is 358 g/mol. The van der Waals surface area contributed by atoms with Crippen LogP contribution in [0, 0.1) is 12.8 Å². The van der Waals surface area contributed by atoms with Crippen molar-refractivity contribution >= 4 is 5.91 Å². The minimum atomic E-state index is -0.274. The van der Waals surface area contributed by atoms with E-state index in [1.54, 1.807) is 12.4 Å². The molecule has 7 nitrogen and oxygen atoms in total. The molecule has 0 bridgehead atoms. The zero-order chi connectivity index (χ0) is 19.6. The first-order valence-electron chi connectivity index (χ1n) is 9.98. The number of ether oxygens (including phenoxy) is 2. The second-order valence-electron chi connectivity index (χ2n) is 7.75. The molecular formula is C21H27N3O4. The van der Waals surface area contributed by atoms with Gasteiger partial charge >= 0.3 is 0 Å². The van der Waals surface area contributed by atoms with E-state index in [2.05, 4.69) is 17.1 Å². The average molecular weight is 385 g/mol. The van der Waals surface area contributed by atoms with Crippen molar-refractivity contribution in [2.45, 2.75) is 45.3 Å². The van der Waals surface area contributed by atoms with Gasteiger partial charge in [0.05, 0.1) is 32.0 Å². The normalized spacial score (nSPS) is 20.5. The van der Waals surface area contributed by atoms with Gasteiger partial charge in [-0.05, 0) is 37.5 Å². The van der Waals surface area contributed by atoms with E-state index in [0.29, 0.717) is 49.2 Å². The molecule has 2 saturated heterocycles. The summed E-state index contributed by atoms with van der Waals surface area (Å²) in [6.07, 6.45) is 6.15. The monoisotopic (exact) mass is 385 g/mol. The predicted molar refractivity (Wildman–Crippen MR) is 102 cm³/mol. The smallest absolute Gasteiger partial charge is 0.259 e. The summed E-state index contributed by atoms with van der Waals surface area (Å²) in [5.41, 5.74) is 2.13. The molecule has 2 aliphatic heterocycles. The summed E-state index contributed by atoms with van der Waals surface area (Å²) in [7, 11) is 0. The van der Waals surface area contributed by atoms with Crippen LogP contribution in [0.25, 0.3) is 0 Å². The summed E-state index contributed by atoms with van der Waals surface area (Å²) in [5.74, 6) is 0.993. The maximum Gasteiger partial charge on any atom is 0.259 e. The lowest BCUT2D eigenvalue weighted by atomic mass is 9.81. The van der Waals surface area contributed by atoms with Crippen LogP contribution in [0.1, 0.15) is 47.1 Å². The number of aryl methyl sites for hydroxylation is 2. The second-order valence-corrected chi connectivity index (χ2v) is 7.75. The number of likely N-dealkylation sites (tertiary alicyclic amines) is 1. The van der Waals surface area contributed by atoms with Crippen LogP contribution in [-0.4, -0.2) is 52.9 Å². The van der Waals surface area contributed by atoms with E-state index >= 15 is 0 Å². The Morgan fingerprint density at radius 3 is 2.89 bits per heavy atom. The molecule has 0 radical (unpaired) electrons. The first-order valence-corrected chi connectivity index (χ1v) is 9.98. The highest BCUT2D eigenvalue weighted by molar-refractivity contribution is 5.96. The number of nitrogens with zero attached hydrogens (tertiary/aromatic N) is 3. The zero-order valence-electron chi connectivity index (χ0n) is 16.5. The molecule has 4 heterocycles. The minimum Gasteiger partial charge on any atom is -0.376 e. The number of hydrogen-bond acceptors (Lipinski definition) is 6. The molecule has 0 aromatic carbocycles. The van der Waals surface area contributed by atoms with Crippen molar-refractivity contribution < 1.29 is 18.8 Å². The molecule has 2 aromatic rings. The number of amides is 1. The van der Waals surface area contributed by atoms with Crippen molar-refractivity contribution in [1.29, 1.82) is 0 Å². The van der Waals surface area contributed by atoms with Gasteiger partial charge < -0.3 is 18.9 Å². The standard InChI is InChI=1S/C21H27N3O4/c1-3-4-18-19(15(2)23-28-18)20(25)24-13-21(14-24)17(7-10-27-21)12-26-11-16-5-8-22-9-6-16/h5-6,8-9,17H,3-4,7,10-14H2,1-2H3/t17-/m0/s1. The van der Waals surface area contributed by atoms with Crippen LogP contribution >= 0.6 is 0 Å². The minimum absolute atomic E-state index is 0.000205. The first-order chi connectivity index (χ1) is 13.6. The highest BCUT2D eigenvalue weighted by Gasteiger charge is 2.55. The Kier molecular flexibility index (Phi) is 5.46. The van der Waals surface area contributed by atoms with Gasteiger partial charge in [0.2, 0.25) is 0 Å². The summed E-state index contributed by atoms with van der Waals surface area (Å²) < 4.78 is 17.4. The molecule has 0 unspecified atom stereocenters. The van der Waals surface area contributed by atoms with E-state index in [1.807, 2.05) is 24.0 Å². The maximum absolute atomic E-state index is 13.0. The van der Waals surface area contributed by atoms with Crippen LogP contribution in [0.2, 0.25) is 0 Å². The first kappa shape index (κ1) is 19.1. The van der Waals surface area contributed by atoms with Gasteiger partial charge in [-0.1, -0.05) is 12.1 Å². The maximum atomic E-state index is 13.0. The van der Waals surface area contributed by atoms with E-state index in [0.717, 1.165) is 31.4 Å². The number of hydrogen-bond donors (Lipinski definition) is 0. The van der Waals surface area contributed by atoms with E-state index in [4.69, 9.17) is 14.0 Å². The van der Waals surface area contributed by atoms with Crippen LogP contribution in [0.3, 0.4) is 0 Å². The third-order valence-electron chi connectivity index (χ3n) is 5.77. The Balaban J connectivity index is 1.34. The summed E-state index contributed by atoms with van der Waals surface area (Å²) in [6.45, 7) is 7.02. The third kappa shape index (κ3) is 3.56. The number of rotatable bonds is 7.